The average molecular weight is 249 g/mol. The highest BCUT2D eigenvalue weighted by atomic mass is 32.2. The molecule has 0 aromatic heterocycles. The van der Waals surface area contributed by atoms with Crippen LogP contribution in [0.4, 0.5) is 0 Å². The number of aliphatic hydroxyl groups excluding tert-OH is 1. The van der Waals surface area contributed by atoms with E-state index in [0.717, 1.165) is 12.2 Å². The molecule has 0 aromatic rings. The summed E-state index contributed by atoms with van der Waals surface area (Å²) in [5.74, 6) is -0.0699. The first-order valence-corrected chi connectivity index (χ1v) is 6.72. The topological polar surface area (TPSA) is 69.6 Å². The van der Waals surface area contributed by atoms with Gasteiger partial charge in [-0.25, -0.2) is 0 Å². The van der Waals surface area contributed by atoms with Gasteiger partial charge in [0.1, 0.15) is 5.54 Å². The molecule has 0 saturated carbocycles. The molecule has 0 fully saturated rings. The Morgan fingerprint density at radius 1 is 1.56 bits per heavy atom. The van der Waals surface area contributed by atoms with Gasteiger partial charge in [0.25, 0.3) is 0 Å². The van der Waals surface area contributed by atoms with Gasteiger partial charge in [0.2, 0.25) is 0 Å². The van der Waals surface area contributed by atoms with E-state index in [2.05, 4.69) is 5.32 Å². The number of rotatable bonds is 9. The molecule has 4 nitrogen and oxygen atoms in total. The van der Waals surface area contributed by atoms with E-state index < -0.39 is 11.5 Å². The number of hydrogen-bond donors (Lipinski definition) is 3. The zero-order valence-corrected chi connectivity index (χ0v) is 11.1. The predicted octanol–water partition coefficient (Wildman–Crippen LogP) is 1.33. The van der Waals surface area contributed by atoms with Gasteiger partial charge < -0.3 is 15.5 Å². The van der Waals surface area contributed by atoms with Gasteiger partial charge in [-0.05, 0) is 32.1 Å². The van der Waals surface area contributed by atoms with Gasteiger partial charge in [0.15, 0.2) is 0 Å². The quantitative estimate of drug-likeness (QED) is 0.575. The smallest absolute Gasteiger partial charge is 0.323 e. The standard InChI is InChI=1S/C11H23NO3S/c1-4-6-12-11(3,10(14)15)5-7-16-9(2)8-13/h9,12-13H,4-8H2,1-3H3,(H,14,15). The lowest BCUT2D eigenvalue weighted by molar-refractivity contribution is -0.144. The van der Waals surface area contributed by atoms with Crippen molar-refractivity contribution in [2.24, 2.45) is 0 Å². The van der Waals surface area contributed by atoms with Crippen LogP contribution < -0.4 is 5.32 Å². The van der Waals surface area contributed by atoms with Gasteiger partial charge >= 0.3 is 5.97 Å². The minimum atomic E-state index is -0.849. The highest BCUT2D eigenvalue weighted by Gasteiger charge is 2.31. The molecule has 0 aromatic carbocycles. The number of hydrogen-bond acceptors (Lipinski definition) is 4. The summed E-state index contributed by atoms with van der Waals surface area (Å²) in [6.45, 7) is 6.51. The number of aliphatic carboxylic acids is 1. The first-order valence-electron chi connectivity index (χ1n) is 5.67. The van der Waals surface area contributed by atoms with Gasteiger partial charge in [-0.1, -0.05) is 13.8 Å². The Balaban J connectivity index is 4.07. The Labute approximate surface area is 102 Å². The molecular formula is C11H23NO3S. The van der Waals surface area contributed by atoms with Crippen LogP contribution in [-0.2, 0) is 4.79 Å². The maximum atomic E-state index is 11.2. The maximum absolute atomic E-state index is 11.2. The van der Waals surface area contributed by atoms with Crippen LogP contribution in [0, 0.1) is 0 Å². The fourth-order valence-electron chi connectivity index (χ4n) is 1.19. The van der Waals surface area contributed by atoms with Crippen LogP contribution in [0.1, 0.15) is 33.6 Å². The number of carboxylic acids is 1. The van der Waals surface area contributed by atoms with Crippen LogP contribution in [0.3, 0.4) is 0 Å². The molecule has 2 unspecified atom stereocenters. The molecule has 0 radical (unpaired) electrons. The summed E-state index contributed by atoms with van der Waals surface area (Å²) in [6, 6.07) is 0. The van der Waals surface area contributed by atoms with E-state index in [1.807, 2.05) is 13.8 Å². The molecule has 0 rings (SSSR count). The number of carboxylic acid groups (broad SMARTS) is 1. The lowest BCUT2D eigenvalue weighted by Gasteiger charge is -2.26. The molecule has 0 bridgehead atoms. The fraction of sp³-hybridized carbons (Fsp3) is 0.909. The van der Waals surface area contributed by atoms with Crippen LogP contribution in [0.25, 0.3) is 0 Å². The molecule has 3 N–H and O–H groups in total. The monoisotopic (exact) mass is 249 g/mol. The molecule has 0 amide bonds. The van der Waals surface area contributed by atoms with Crippen molar-refractivity contribution in [1.29, 1.82) is 0 Å². The van der Waals surface area contributed by atoms with E-state index in [9.17, 15) is 4.79 Å². The first-order chi connectivity index (χ1) is 7.46. The summed E-state index contributed by atoms with van der Waals surface area (Å²) in [7, 11) is 0. The van der Waals surface area contributed by atoms with Crippen LogP contribution in [0.2, 0.25) is 0 Å². The Kier molecular flexibility index (Phi) is 7.80. The lowest BCUT2D eigenvalue weighted by atomic mass is 9.99. The maximum Gasteiger partial charge on any atom is 0.323 e. The summed E-state index contributed by atoms with van der Waals surface area (Å²) < 4.78 is 0. The molecule has 96 valence electrons. The van der Waals surface area contributed by atoms with E-state index in [1.165, 1.54) is 0 Å². The van der Waals surface area contributed by atoms with Gasteiger partial charge in [-0.15, -0.1) is 0 Å². The van der Waals surface area contributed by atoms with Gasteiger partial charge in [-0.3, -0.25) is 4.79 Å². The van der Waals surface area contributed by atoms with Crippen molar-refractivity contribution in [3.63, 3.8) is 0 Å². The summed E-state index contributed by atoms with van der Waals surface area (Å²) in [5.41, 5.74) is -0.849. The third-order valence-corrected chi connectivity index (χ3v) is 3.66. The summed E-state index contributed by atoms with van der Waals surface area (Å²) in [6.07, 6.45) is 1.49. The molecule has 0 saturated heterocycles. The van der Waals surface area contributed by atoms with Gasteiger partial charge in [0, 0.05) is 5.25 Å². The highest BCUT2D eigenvalue weighted by Crippen LogP contribution is 2.18. The van der Waals surface area contributed by atoms with E-state index in [-0.39, 0.29) is 11.9 Å². The minimum absolute atomic E-state index is 0.136. The molecule has 0 spiro atoms. The third kappa shape index (κ3) is 5.72. The van der Waals surface area contributed by atoms with Crippen molar-refractivity contribution >= 4 is 17.7 Å². The number of nitrogens with one attached hydrogen (secondary N) is 1. The minimum Gasteiger partial charge on any atom is -0.480 e. The number of thioether (sulfide) groups is 1. The normalized spacial score (nSPS) is 16.8. The Morgan fingerprint density at radius 3 is 2.62 bits per heavy atom. The van der Waals surface area contributed by atoms with E-state index in [0.29, 0.717) is 13.0 Å². The van der Waals surface area contributed by atoms with Crippen molar-refractivity contribution in [2.75, 3.05) is 18.9 Å². The molecule has 5 heteroatoms. The zero-order chi connectivity index (χ0) is 12.6. The summed E-state index contributed by atoms with van der Waals surface area (Å²) in [5, 5.41) is 21.3. The Morgan fingerprint density at radius 2 is 2.19 bits per heavy atom. The van der Waals surface area contributed by atoms with Crippen molar-refractivity contribution in [3.8, 4) is 0 Å². The zero-order valence-electron chi connectivity index (χ0n) is 10.3. The molecule has 0 aliphatic carbocycles. The van der Waals surface area contributed by atoms with Crippen molar-refractivity contribution < 1.29 is 15.0 Å². The van der Waals surface area contributed by atoms with Crippen molar-refractivity contribution in [2.45, 2.75) is 44.4 Å². The largest absolute Gasteiger partial charge is 0.480 e. The molecule has 2 atom stereocenters. The van der Waals surface area contributed by atoms with E-state index >= 15 is 0 Å². The van der Waals surface area contributed by atoms with Crippen LogP contribution in [0.5, 0.6) is 0 Å². The Bertz CT molecular complexity index is 213. The Hall–Kier alpha value is -0.260. The second-order valence-electron chi connectivity index (χ2n) is 4.18. The van der Waals surface area contributed by atoms with Crippen LogP contribution in [0.15, 0.2) is 0 Å². The van der Waals surface area contributed by atoms with Crippen LogP contribution in [-0.4, -0.2) is 45.9 Å². The van der Waals surface area contributed by atoms with E-state index in [4.69, 9.17) is 10.2 Å². The van der Waals surface area contributed by atoms with Crippen LogP contribution >= 0.6 is 11.8 Å². The molecule has 0 heterocycles. The average Bonchev–Trinajstić information content (AvgIpc) is 2.25. The summed E-state index contributed by atoms with van der Waals surface area (Å²) >= 11 is 1.60. The fourth-order valence-corrected chi connectivity index (χ4v) is 2.22. The third-order valence-electron chi connectivity index (χ3n) is 2.50. The molecular weight excluding hydrogens is 226 g/mol. The van der Waals surface area contributed by atoms with Crippen molar-refractivity contribution in [3.05, 3.63) is 0 Å². The first kappa shape index (κ1) is 15.7. The molecule has 0 aliphatic heterocycles. The van der Waals surface area contributed by atoms with Gasteiger partial charge in [-0.2, -0.15) is 11.8 Å². The van der Waals surface area contributed by atoms with Crippen molar-refractivity contribution in [1.82, 2.24) is 5.32 Å². The second-order valence-corrected chi connectivity index (χ2v) is 5.72. The number of carbonyl (C=O) groups is 1. The number of aliphatic hydroxyl groups is 1. The van der Waals surface area contributed by atoms with Gasteiger partial charge in [0.05, 0.1) is 6.61 Å². The lowest BCUT2D eigenvalue weighted by Crippen LogP contribution is -2.50. The highest BCUT2D eigenvalue weighted by molar-refractivity contribution is 7.99. The second kappa shape index (κ2) is 7.92. The summed E-state index contributed by atoms with van der Waals surface area (Å²) in [4.78, 5) is 11.2. The molecule has 16 heavy (non-hydrogen) atoms. The predicted molar refractivity (Wildman–Crippen MR) is 68.0 cm³/mol. The molecule has 0 aliphatic rings. The SMILES string of the molecule is CCCNC(C)(CCSC(C)CO)C(=O)O. The van der Waals surface area contributed by atoms with E-state index in [1.54, 1.807) is 18.7 Å².